The summed E-state index contributed by atoms with van der Waals surface area (Å²) in [4.78, 5) is 13.5. The molecule has 0 aromatic heterocycles. The number of hydrogen-bond donors (Lipinski definition) is 0. The molecular formula is C13H23NO. The summed E-state index contributed by atoms with van der Waals surface area (Å²) in [7, 11) is 0. The molecule has 2 heteroatoms. The third-order valence-corrected chi connectivity index (χ3v) is 3.66. The van der Waals surface area contributed by atoms with E-state index in [2.05, 4.69) is 20.4 Å². The second kappa shape index (κ2) is 5.94. The number of likely N-dealkylation sites (tertiary alicyclic amines) is 1. The maximum absolute atomic E-state index is 11.5. The Balaban J connectivity index is 2.54. The molecule has 0 saturated carbocycles. The van der Waals surface area contributed by atoms with Crippen LogP contribution in [-0.4, -0.2) is 23.9 Å². The molecule has 1 amide bonds. The first-order chi connectivity index (χ1) is 7.22. The van der Waals surface area contributed by atoms with E-state index >= 15 is 0 Å². The molecule has 0 N–H and O–H groups in total. The van der Waals surface area contributed by atoms with E-state index in [4.69, 9.17) is 0 Å². The standard InChI is InChI=1S/C13H23NO/c1-4-11(5-2)12-8-7-9-14(10-12)13(15)6-3/h6,11-12H,3-5,7-10H2,1-2H3. The van der Waals surface area contributed by atoms with Crippen molar-refractivity contribution < 1.29 is 4.79 Å². The van der Waals surface area contributed by atoms with Gasteiger partial charge in [-0.1, -0.05) is 33.3 Å². The van der Waals surface area contributed by atoms with Gasteiger partial charge in [-0.05, 0) is 30.8 Å². The molecule has 1 rings (SSSR count). The molecule has 1 saturated heterocycles. The van der Waals surface area contributed by atoms with E-state index in [9.17, 15) is 4.79 Å². The van der Waals surface area contributed by atoms with E-state index in [0.717, 1.165) is 25.4 Å². The summed E-state index contributed by atoms with van der Waals surface area (Å²) in [6, 6.07) is 0. The zero-order chi connectivity index (χ0) is 11.3. The van der Waals surface area contributed by atoms with Crippen molar-refractivity contribution in [1.29, 1.82) is 0 Å². The Morgan fingerprint density at radius 2 is 2.20 bits per heavy atom. The van der Waals surface area contributed by atoms with Crippen LogP contribution in [-0.2, 0) is 4.79 Å². The molecule has 1 atom stereocenters. The smallest absolute Gasteiger partial charge is 0.245 e. The number of rotatable bonds is 4. The second-order valence-electron chi connectivity index (χ2n) is 4.47. The largest absolute Gasteiger partial charge is 0.339 e. The number of nitrogens with zero attached hydrogens (tertiary/aromatic N) is 1. The Kier molecular flexibility index (Phi) is 4.86. The minimum atomic E-state index is 0.102. The van der Waals surface area contributed by atoms with E-state index in [1.807, 2.05) is 4.90 Å². The Labute approximate surface area is 93.3 Å². The number of carbonyl (C=O) groups excluding carboxylic acids is 1. The highest BCUT2D eigenvalue weighted by Crippen LogP contribution is 2.28. The molecule has 0 aromatic carbocycles. The quantitative estimate of drug-likeness (QED) is 0.652. The van der Waals surface area contributed by atoms with Gasteiger partial charge in [0.25, 0.3) is 0 Å². The molecule has 86 valence electrons. The van der Waals surface area contributed by atoms with E-state index in [1.165, 1.54) is 25.3 Å². The third-order valence-electron chi connectivity index (χ3n) is 3.66. The van der Waals surface area contributed by atoms with E-state index in [0.29, 0.717) is 5.92 Å². The molecule has 0 aromatic rings. The Hall–Kier alpha value is -0.790. The summed E-state index contributed by atoms with van der Waals surface area (Å²) in [5.74, 6) is 1.59. The Morgan fingerprint density at radius 1 is 1.53 bits per heavy atom. The van der Waals surface area contributed by atoms with Crippen LogP contribution in [0.3, 0.4) is 0 Å². The highest BCUT2D eigenvalue weighted by atomic mass is 16.2. The molecule has 1 aliphatic heterocycles. The van der Waals surface area contributed by atoms with Crippen LogP contribution in [0.25, 0.3) is 0 Å². The first-order valence-electron chi connectivity index (χ1n) is 6.14. The van der Waals surface area contributed by atoms with E-state index in [1.54, 1.807) is 0 Å². The Bertz CT molecular complexity index is 221. The van der Waals surface area contributed by atoms with Crippen molar-refractivity contribution in [2.45, 2.75) is 39.5 Å². The molecule has 0 spiro atoms. The molecule has 1 heterocycles. The molecule has 1 fully saturated rings. The van der Waals surface area contributed by atoms with Gasteiger partial charge in [-0.3, -0.25) is 4.79 Å². The molecule has 0 bridgehead atoms. The summed E-state index contributed by atoms with van der Waals surface area (Å²) in [5.41, 5.74) is 0. The average molecular weight is 209 g/mol. The second-order valence-corrected chi connectivity index (χ2v) is 4.47. The van der Waals surface area contributed by atoms with Crippen LogP contribution in [0, 0.1) is 11.8 Å². The normalized spacial score (nSPS) is 21.8. The molecular weight excluding hydrogens is 186 g/mol. The highest BCUT2D eigenvalue weighted by Gasteiger charge is 2.26. The molecule has 1 aliphatic rings. The van der Waals surface area contributed by atoms with Gasteiger partial charge in [-0.2, -0.15) is 0 Å². The average Bonchev–Trinajstić information content (AvgIpc) is 2.30. The van der Waals surface area contributed by atoms with Crippen molar-refractivity contribution in [1.82, 2.24) is 4.90 Å². The highest BCUT2D eigenvalue weighted by molar-refractivity contribution is 5.87. The lowest BCUT2D eigenvalue weighted by Crippen LogP contribution is -2.41. The Morgan fingerprint density at radius 3 is 2.73 bits per heavy atom. The first kappa shape index (κ1) is 12.3. The fourth-order valence-electron chi connectivity index (χ4n) is 2.68. The molecule has 15 heavy (non-hydrogen) atoms. The summed E-state index contributed by atoms with van der Waals surface area (Å²) in [5, 5.41) is 0. The predicted molar refractivity (Wildman–Crippen MR) is 63.6 cm³/mol. The maximum atomic E-state index is 11.5. The van der Waals surface area contributed by atoms with Gasteiger partial charge < -0.3 is 4.90 Å². The molecule has 2 nitrogen and oxygen atoms in total. The first-order valence-corrected chi connectivity index (χ1v) is 6.14. The monoisotopic (exact) mass is 209 g/mol. The predicted octanol–water partition coefficient (Wildman–Crippen LogP) is 2.85. The summed E-state index contributed by atoms with van der Waals surface area (Å²) < 4.78 is 0. The van der Waals surface area contributed by atoms with Crippen LogP contribution in [0.4, 0.5) is 0 Å². The minimum Gasteiger partial charge on any atom is -0.339 e. The number of carbonyl (C=O) groups is 1. The minimum absolute atomic E-state index is 0.102. The van der Waals surface area contributed by atoms with Crippen molar-refractivity contribution in [2.24, 2.45) is 11.8 Å². The topological polar surface area (TPSA) is 20.3 Å². The SMILES string of the molecule is C=CC(=O)N1CCCC(C(CC)CC)C1. The number of hydrogen-bond acceptors (Lipinski definition) is 1. The van der Waals surface area contributed by atoms with Gasteiger partial charge in [0.15, 0.2) is 0 Å². The zero-order valence-electron chi connectivity index (χ0n) is 10.0. The number of piperidine rings is 1. The van der Waals surface area contributed by atoms with Crippen LogP contribution in [0.1, 0.15) is 39.5 Å². The summed E-state index contributed by atoms with van der Waals surface area (Å²) >= 11 is 0. The molecule has 0 radical (unpaired) electrons. The fourth-order valence-corrected chi connectivity index (χ4v) is 2.68. The van der Waals surface area contributed by atoms with Crippen molar-refractivity contribution >= 4 is 5.91 Å². The fraction of sp³-hybridized carbons (Fsp3) is 0.769. The van der Waals surface area contributed by atoms with E-state index in [-0.39, 0.29) is 5.91 Å². The van der Waals surface area contributed by atoms with Gasteiger partial charge in [0, 0.05) is 13.1 Å². The lowest BCUT2D eigenvalue weighted by molar-refractivity contribution is -0.128. The van der Waals surface area contributed by atoms with Crippen molar-refractivity contribution in [3.05, 3.63) is 12.7 Å². The maximum Gasteiger partial charge on any atom is 0.245 e. The number of amides is 1. The van der Waals surface area contributed by atoms with Crippen LogP contribution < -0.4 is 0 Å². The van der Waals surface area contributed by atoms with Crippen molar-refractivity contribution in [2.75, 3.05) is 13.1 Å². The van der Waals surface area contributed by atoms with Gasteiger partial charge in [0.2, 0.25) is 5.91 Å². The van der Waals surface area contributed by atoms with Gasteiger partial charge in [-0.25, -0.2) is 0 Å². The third kappa shape index (κ3) is 3.08. The molecule has 0 aliphatic carbocycles. The van der Waals surface area contributed by atoms with E-state index < -0.39 is 0 Å². The van der Waals surface area contributed by atoms with Gasteiger partial charge in [0.05, 0.1) is 0 Å². The lowest BCUT2D eigenvalue weighted by Gasteiger charge is -2.36. The van der Waals surface area contributed by atoms with Crippen LogP contribution in [0.15, 0.2) is 12.7 Å². The van der Waals surface area contributed by atoms with Gasteiger partial charge in [0.1, 0.15) is 0 Å². The summed E-state index contributed by atoms with van der Waals surface area (Å²) in [6.45, 7) is 9.92. The summed E-state index contributed by atoms with van der Waals surface area (Å²) in [6.07, 6.45) is 6.35. The lowest BCUT2D eigenvalue weighted by atomic mass is 9.82. The van der Waals surface area contributed by atoms with Crippen LogP contribution in [0.5, 0.6) is 0 Å². The van der Waals surface area contributed by atoms with Crippen molar-refractivity contribution in [3.8, 4) is 0 Å². The van der Waals surface area contributed by atoms with Gasteiger partial charge in [-0.15, -0.1) is 0 Å². The van der Waals surface area contributed by atoms with Crippen LogP contribution >= 0.6 is 0 Å². The van der Waals surface area contributed by atoms with Crippen molar-refractivity contribution in [3.63, 3.8) is 0 Å². The molecule has 1 unspecified atom stereocenters. The van der Waals surface area contributed by atoms with Crippen LogP contribution in [0.2, 0.25) is 0 Å². The van der Waals surface area contributed by atoms with Gasteiger partial charge >= 0.3 is 0 Å². The zero-order valence-corrected chi connectivity index (χ0v) is 10.0.